The second-order valence-corrected chi connectivity index (χ2v) is 4.26. The zero-order valence-corrected chi connectivity index (χ0v) is 10.8. The number of benzene rings is 1. The Kier molecular flexibility index (Phi) is 5.85. The Balaban J connectivity index is 2.72. The van der Waals surface area contributed by atoms with Crippen LogP contribution in [0.1, 0.15) is 37.7 Å². The van der Waals surface area contributed by atoms with Crippen LogP contribution >= 0.6 is 0 Å². The molecule has 0 aromatic heterocycles. The molecule has 0 saturated carbocycles. The maximum Gasteiger partial charge on any atom is 0.311 e. The standard InChI is InChI=1S/C14H18O5/c1-2-3-8-19-11-6-4-10(5-7-11)12(14(17)18)9-13(15)16/h4-7,12H,2-3,8-9H2,1H3,(H,15,16)(H,17,18). The highest BCUT2D eigenvalue weighted by atomic mass is 16.5. The van der Waals surface area contributed by atoms with Gasteiger partial charge < -0.3 is 14.9 Å². The normalized spacial score (nSPS) is 11.8. The Labute approximate surface area is 111 Å². The van der Waals surface area contributed by atoms with E-state index >= 15 is 0 Å². The minimum atomic E-state index is -1.14. The number of carboxylic acids is 2. The van der Waals surface area contributed by atoms with Crippen molar-refractivity contribution in [3.8, 4) is 5.75 Å². The minimum Gasteiger partial charge on any atom is -0.494 e. The molecule has 1 aromatic carbocycles. The van der Waals surface area contributed by atoms with E-state index in [1.54, 1.807) is 24.3 Å². The smallest absolute Gasteiger partial charge is 0.311 e. The number of rotatable bonds is 8. The summed E-state index contributed by atoms with van der Waals surface area (Å²) in [5.41, 5.74) is 0.470. The van der Waals surface area contributed by atoms with Gasteiger partial charge in [0.2, 0.25) is 0 Å². The van der Waals surface area contributed by atoms with E-state index in [-0.39, 0.29) is 0 Å². The van der Waals surface area contributed by atoms with E-state index in [9.17, 15) is 9.59 Å². The number of hydrogen-bond acceptors (Lipinski definition) is 3. The molecule has 0 aliphatic heterocycles. The van der Waals surface area contributed by atoms with E-state index in [1.807, 2.05) is 0 Å². The summed E-state index contributed by atoms with van der Waals surface area (Å²) in [6.45, 7) is 2.68. The van der Waals surface area contributed by atoms with Gasteiger partial charge in [-0.15, -0.1) is 0 Å². The molecule has 0 bridgehead atoms. The van der Waals surface area contributed by atoms with Crippen LogP contribution in [-0.2, 0) is 9.59 Å². The van der Waals surface area contributed by atoms with Crippen molar-refractivity contribution < 1.29 is 24.5 Å². The summed E-state index contributed by atoms with van der Waals surface area (Å²) in [5, 5.41) is 17.7. The monoisotopic (exact) mass is 266 g/mol. The van der Waals surface area contributed by atoms with Gasteiger partial charge in [-0.05, 0) is 24.1 Å². The Bertz CT molecular complexity index is 424. The summed E-state index contributed by atoms with van der Waals surface area (Å²) in [7, 11) is 0. The summed E-state index contributed by atoms with van der Waals surface area (Å²) in [5.74, 6) is -2.63. The van der Waals surface area contributed by atoms with Crippen LogP contribution in [-0.4, -0.2) is 28.8 Å². The lowest BCUT2D eigenvalue weighted by Gasteiger charge is -2.11. The summed E-state index contributed by atoms with van der Waals surface area (Å²) in [4.78, 5) is 21.7. The molecule has 0 aliphatic rings. The molecule has 5 heteroatoms. The zero-order valence-electron chi connectivity index (χ0n) is 10.8. The molecular weight excluding hydrogens is 248 g/mol. The molecule has 2 N–H and O–H groups in total. The highest BCUT2D eigenvalue weighted by Gasteiger charge is 2.22. The molecule has 104 valence electrons. The third kappa shape index (κ3) is 4.99. The number of hydrogen-bond donors (Lipinski definition) is 2. The molecule has 1 unspecified atom stereocenters. The van der Waals surface area contributed by atoms with Crippen molar-refractivity contribution in [1.29, 1.82) is 0 Å². The van der Waals surface area contributed by atoms with E-state index in [0.29, 0.717) is 17.9 Å². The van der Waals surface area contributed by atoms with Gasteiger partial charge in [-0.1, -0.05) is 25.5 Å². The van der Waals surface area contributed by atoms with Gasteiger partial charge in [0.25, 0.3) is 0 Å². The highest BCUT2D eigenvalue weighted by molar-refractivity contribution is 5.82. The molecule has 5 nitrogen and oxygen atoms in total. The molecule has 1 rings (SSSR count). The van der Waals surface area contributed by atoms with Gasteiger partial charge in [0.15, 0.2) is 0 Å². The van der Waals surface area contributed by atoms with Gasteiger partial charge in [0.1, 0.15) is 5.75 Å². The van der Waals surface area contributed by atoms with Crippen molar-refractivity contribution >= 4 is 11.9 Å². The largest absolute Gasteiger partial charge is 0.494 e. The van der Waals surface area contributed by atoms with E-state index in [1.165, 1.54) is 0 Å². The molecule has 0 heterocycles. The fourth-order valence-corrected chi connectivity index (χ4v) is 1.65. The van der Waals surface area contributed by atoms with Crippen LogP contribution in [0.25, 0.3) is 0 Å². The third-order valence-electron chi connectivity index (χ3n) is 2.73. The molecule has 1 atom stereocenters. The van der Waals surface area contributed by atoms with Crippen molar-refractivity contribution in [3.05, 3.63) is 29.8 Å². The fourth-order valence-electron chi connectivity index (χ4n) is 1.65. The first kappa shape index (κ1) is 15.0. The maximum atomic E-state index is 11.0. The van der Waals surface area contributed by atoms with Gasteiger partial charge in [-0.25, -0.2) is 0 Å². The molecule has 0 fully saturated rings. The Hall–Kier alpha value is -2.04. The Morgan fingerprint density at radius 3 is 2.32 bits per heavy atom. The molecule has 0 radical (unpaired) electrons. The predicted octanol–water partition coefficient (Wildman–Crippen LogP) is 2.51. The average molecular weight is 266 g/mol. The second-order valence-electron chi connectivity index (χ2n) is 4.26. The molecule has 0 saturated heterocycles. The maximum absolute atomic E-state index is 11.0. The lowest BCUT2D eigenvalue weighted by molar-refractivity contribution is -0.145. The zero-order chi connectivity index (χ0) is 14.3. The van der Waals surface area contributed by atoms with Gasteiger partial charge in [-0.2, -0.15) is 0 Å². The lowest BCUT2D eigenvalue weighted by Crippen LogP contribution is -2.15. The van der Waals surface area contributed by atoms with E-state index in [4.69, 9.17) is 14.9 Å². The second kappa shape index (κ2) is 7.41. The van der Waals surface area contributed by atoms with Gasteiger partial charge in [0.05, 0.1) is 18.9 Å². The fraction of sp³-hybridized carbons (Fsp3) is 0.429. The first-order valence-corrected chi connectivity index (χ1v) is 6.22. The number of carboxylic acid groups (broad SMARTS) is 2. The quantitative estimate of drug-likeness (QED) is 0.706. The number of carbonyl (C=O) groups is 2. The topological polar surface area (TPSA) is 83.8 Å². The SMILES string of the molecule is CCCCOc1ccc(C(CC(=O)O)C(=O)O)cc1. The highest BCUT2D eigenvalue weighted by Crippen LogP contribution is 2.23. The summed E-state index contributed by atoms with van der Waals surface area (Å²) >= 11 is 0. The van der Waals surface area contributed by atoms with Crippen LogP contribution in [0.2, 0.25) is 0 Å². The summed E-state index contributed by atoms with van der Waals surface area (Å²) in [6, 6.07) is 6.54. The minimum absolute atomic E-state index is 0.425. The van der Waals surface area contributed by atoms with Crippen molar-refractivity contribution in [2.24, 2.45) is 0 Å². The Morgan fingerprint density at radius 2 is 1.84 bits per heavy atom. The van der Waals surface area contributed by atoms with Crippen LogP contribution in [0, 0.1) is 0 Å². The van der Waals surface area contributed by atoms with Crippen LogP contribution < -0.4 is 4.74 Å². The van der Waals surface area contributed by atoms with Crippen LogP contribution in [0.5, 0.6) is 5.75 Å². The molecule has 1 aromatic rings. The molecule has 0 spiro atoms. The van der Waals surface area contributed by atoms with E-state index < -0.39 is 24.3 Å². The molecule has 19 heavy (non-hydrogen) atoms. The summed E-state index contributed by atoms with van der Waals surface area (Å²) < 4.78 is 5.46. The van der Waals surface area contributed by atoms with Gasteiger partial charge >= 0.3 is 11.9 Å². The molecule has 0 amide bonds. The third-order valence-corrected chi connectivity index (χ3v) is 2.73. The first-order chi connectivity index (χ1) is 9.04. The molecular formula is C14H18O5. The van der Waals surface area contributed by atoms with Crippen molar-refractivity contribution in [3.63, 3.8) is 0 Å². The van der Waals surface area contributed by atoms with Crippen LogP contribution in [0.4, 0.5) is 0 Å². The van der Waals surface area contributed by atoms with Crippen LogP contribution in [0.3, 0.4) is 0 Å². The number of ether oxygens (including phenoxy) is 1. The number of unbranched alkanes of at least 4 members (excludes halogenated alkanes) is 1. The van der Waals surface area contributed by atoms with Crippen molar-refractivity contribution in [2.75, 3.05) is 6.61 Å². The van der Waals surface area contributed by atoms with Crippen molar-refractivity contribution in [1.82, 2.24) is 0 Å². The number of aliphatic carboxylic acids is 2. The summed E-state index contributed by atoms with van der Waals surface area (Å²) in [6.07, 6.45) is 1.57. The predicted molar refractivity (Wildman–Crippen MR) is 69.5 cm³/mol. The van der Waals surface area contributed by atoms with Gasteiger partial charge in [0, 0.05) is 0 Å². The molecule has 0 aliphatic carbocycles. The van der Waals surface area contributed by atoms with E-state index in [0.717, 1.165) is 12.8 Å². The van der Waals surface area contributed by atoms with Crippen LogP contribution in [0.15, 0.2) is 24.3 Å². The van der Waals surface area contributed by atoms with Crippen molar-refractivity contribution in [2.45, 2.75) is 32.1 Å². The van der Waals surface area contributed by atoms with Gasteiger partial charge in [-0.3, -0.25) is 9.59 Å². The van der Waals surface area contributed by atoms with E-state index in [2.05, 4.69) is 6.92 Å². The average Bonchev–Trinajstić information content (AvgIpc) is 2.37. The Morgan fingerprint density at radius 1 is 1.21 bits per heavy atom. The lowest BCUT2D eigenvalue weighted by atomic mass is 9.96. The first-order valence-electron chi connectivity index (χ1n) is 6.22.